The maximum Gasteiger partial charge on any atom is 0.356 e. The summed E-state index contributed by atoms with van der Waals surface area (Å²) in [5.74, 6) is -1.43. The largest absolute Gasteiger partial charge is 0.476 e. The summed E-state index contributed by atoms with van der Waals surface area (Å²) >= 11 is 0. The Bertz CT molecular complexity index is 581. The number of aromatic carboxylic acids is 1. The molecule has 0 spiro atoms. The molecule has 0 saturated heterocycles. The summed E-state index contributed by atoms with van der Waals surface area (Å²) in [5.41, 5.74) is 0.751. The first-order valence-corrected chi connectivity index (χ1v) is 5.15. The maximum absolute atomic E-state index is 13.6. The summed E-state index contributed by atoms with van der Waals surface area (Å²) in [6, 6.07) is 4.64. The summed E-state index contributed by atoms with van der Waals surface area (Å²) < 4.78 is 13.6. The molecule has 0 aliphatic heterocycles. The highest BCUT2D eigenvalue weighted by molar-refractivity contribution is 5.85. The van der Waals surface area contributed by atoms with E-state index in [-0.39, 0.29) is 17.2 Å². The van der Waals surface area contributed by atoms with E-state index in [0.29, 0.717) is 5.56 Å². The van der Waals surface area contributed by atoms with Crippen molar-refractivity contribution < 1.29 is 14.3 Å². The zero-order chi connectivity index (χ0) is 13.1. The summed E-state index contributed by atoms with van der Waals surface area (Å²) in [4.78, 5) is 18.3. The third kappa shape index (κ3) is 2.42. The normalized spacial score (nSPS) is 10.1. The molecule has 0 aliphatic carbocycles. The van der Waals surface area contributed by atoms with Gasteiger partial charge in [-0.25, -0.2) is 14.2 Å². The molecule has 2 N–H and O–H groups in total. The van der Waals surface area contributed by atoms with Crippen LogP contribution in [0.3, 0.4) is 0 Å². The Morgan fingerprint density at radius 1 is 1.39 bits per heavy atom. The number of carboxylic acids is 1. The second-order valence-electron chi connectivity index (χ2n) is 3.65. The number of rotatable bonds is 3. The fraction of sp³-hybridized carbons (Fsp3) is 0.0833. The number of halogens is 1. The predicted molar refractivity (Wildman–Crippen MR) is 63.4 cm³/mol. The molecule has 92 valence electrons. The van der Waals surface area contributed by atoms with Gasteiger partial charge in [-0.05, 0) is 18.6 Å². The van der Waals surface area contributed by atoms with Gasteiger partial charge in [0.05, 0.1) is 18.1 Å². The van der Waals surface area contributed by atoms with Crippen molar-refractivity contribution in [1.29, 1.82) is 0 Å². The molecule has 0 unspecified atom stereocenters. The van der Waals surface area contributed by atoms with Crippen molar-refractivity contribution in [3.8, 4) is 0 Å². The number of para-hydroxylation sites is 1. The van der Waals surface area contributed by atoms with E-state index >= 15 is 0 Å². The fourth-order valence-corrected chi connectivity index (χ4v) is 1.45. The Kier molecular flexibility index (Phi) is 3.18. The van der Waals surface area contributed by atoms with Crippen LogP contribution in [0.15, 0.2) is 30.6 Å². The van der Waals surface area contributed by atoms with E-state index in [2.05, 4.69) is 15.3 Å². The first-order chi connectivity index (χ1) is 8.58. The smallest absolute Gasteiger partial charge is 0.356 e. The van der Waals surface area contributed by atoms with E-state index in [1.165, 1.54) is 12.3 Å². The molecule has 1 aromatic heterocycles. The highest BCUT2D eigenvalue weighted by atomic mass is 19.1. The van der Waals surface area contributed by atoms with E-state index in [9.17, 15) is 9.18 Å². The van der Waals surface area contributed by atoms with E-state index in [1.807, 2.05) is 0 Å². The number of aryl methyl sites for hydroxylation is 1. The number of aromatic nitrogens is 2. The van der Waals surface area contributed by atoms with E-state index in [0.717, 1.165) is 6.20 Å². The molecule has 2 aromatic rings. The number of nitrogens with one attached hydrogen (secondary N) is 1. The summed E-state index contributed by atoms with van der Waals surface area (Å²) in [6.45, 7) is 1.74. The molecule has 0 radical (unpaired) electrons. The first kappa shape index (κ1) is 12.0. The van der Waals surface area contributed by atoms with Crippen molar-refractivity contribution >= 4 is 17.5 Å². The zero-order valence-electron chi connectivity index (χ0n) is 9.51. The van der Waals surface area contributed by atoms with Crippen LogP contribution in [0.5, 0.6) is 0 Å². The van der Waals surface area contributed by atoms with Crippen molar-refractivity contribution in [3.05, 3.63) is 47.7 Å². The average Bonchev–Trinajstić information content (AvgIpc) is 2.34. The number of hydrogen-bond acceptors (Lipinski definition) is 4. The minimum atomic E-state index is -1.18. The number of anilines is 2. The lowest BCUT2D eigenvalue weighted by molar-refractivity contribution is 0.0690. The Hall–Kier alpha value is -2.50. The third-order valence-electron chi connectivity index (χ3n) is 2.33. The molecule has 0 saturated carbocycles. The van der Waals surface area contributed by atoms with Crippen molar-refractivity contribution in [2.75, 3.05) is 5.32 Å². The third-order valence-corrected chi connectivity index (χ3v) is 2.33. The van der Waals surface area contributed by atoms with Crippen LogP contribution in [0.4, 0.5) is 15.9 Å². The lowest BCUT2D eigenvalue weighted by Crippen LogP contribution is -2.05. The molecular formula is C12H10FN3O2. The molecule has 18 heavy (non-hydrogen) atoms. The van der Waals surface area contributed by atoms with Gasteiger partial charge in [0.15, 0.2) is 5.69 Å². The van der Waals surface area contributed by atoms with Crippen LogP contribution in [0.25, 0.3) is 0 Å². The van der Waals surface area contributed by atoms with Crippen molar-refractivity contribution in [2.24, 2.45) is 0 Å². The standard InChI is InChI=1S/C12H10FN3O2/c1-7-3-2-4-8(13)11(7)16-10-6-14-5-9(15-10)12(17)18/h2-6H,1H3,(H,15,16)(H,17,18). The SMILES string of the molecule is Cc1cccc(F)c1Nc1cncc(C(=O)O)n1. The topological polar surface area (TPSA) is 75.1 Å². The number of carboxylic acid groups (broad SMARTS) is 1. The zero-order valence-corrected chi connectivity index (χ0v) is 9.51. The molecule has 0 fully saturated rings. The van der Waals surface area contributed by atoms with Gasteiger partial charge in [0, 0.05) is 0 Å². The second kappa shape index (κ2) is 4.79. The summed E-state index contributed by atoms with van der Waals surface area (Å²) in [6.07, 6.45) is 2.46. The van der Waals surface area contributed by atoms with Crippen LogP contribution < -0.4 is 5.32 Å². The van der Waals surface area contributed by atoms with E-state index < -0.39 is 11.8 Å². The monoisotopic (exact) mass is 247 g/mol. The molecule has 0 atom stereocenters. The van der Waals surface area contributed by atoms with E-state index in [1.54, 1.807) is 19.1 Å². The summed E-state index contributed by atoms with van der Waals surface area (Å²) in [7, 11) is 0. The van der Waals surface area contributed by atoms with Crippen LogP contribution in [-0.4, -0.2) is 21.0 Å². The van der Waals surface area contributed by atoms with Crippen molar-refractivity contribution in [1.82, 2.24) is 9.97 Å². The molecule has 0 aliphatic rings. The van der Waals surface area contributed by atoms with Gasteiger partial charge in [0.2, 0.25) is 0 Å². The van der Waals surface area contributed by atoms with Gasteiger partial charge in [0.25, 0.3) is 0 Å². The maximum atomic E-state index is 13.6. The van der Waals surface area contributed by atoms with Gasteiger partial charge in [0.1, 0.15) is 11.6 Å². The Morgan fingerprint density at radius 2 is 2.17 bits per heavy atom. The molecule has 2 rings (SSSR count). The van der Waals surface area contributed by atoms with Gasteiger partial charge in [-0.1, -0.05) is 12.1 Å². The fourth-order valence-electron chi connectivity index (χ4n) is 1.45. The molecule has 5 nitrogen and oxygen atoms in total. The number of nitrogens with zero attached hydrogens (tertiary/aromatic N) is 2. The van der Waals surface area contributed by atoms with Crippen LogP contribution in [-0.2, 0) is 0 Å². The highest BCUT2D eigenvalue weighted by Gasteiger charge is 2.09. The quantitative estimate of drug-likeness (QED) is 0.870. The molecule has 0 bridgehead atoms. The minimum absolute atomic E-state index is 0.183. The van der Waals surface area contributed by atoms with Gasteiger partial charge >= 0.3 is 5.97 Å². The number of carbonyl (C=O) groups is 1. The molecule has 1 aromatic carbocycles. The second-order valence-corrected chi connectivity index (χ2v) is 3.65. The van der Waals surface area contributed by atoms with Gasteiger partial charge in [-0.2, -0.15) is 0 Å². The average molecular weight is 247 g/mol. The number of benzene rings is 1. The van der Waals surface area contributed by atoms with Gasteiger partial charge in [-0.15, -0.1) is 0 Å². The molecular weight excluding hydrogens is 237 g/mol. The minimum Gasteiger partial charge on any atom is -0.476 e. The molecule has 1 heterocycles. The van der Waals surface area contributed by atoms with Crippen LogP contribution in [0.2, 0.25) is 0 Å². The van der Waals surface area contributed by atoms with Crippen molar-refractivity contribution in [2.45, 2.75) is 6.92 Å². The molecule has 6 heteroatoms. The van der Waals surface area contributed by atoms with Gasteiger partial charge in [-0.3, -0.25) is 4.98 Å². The predicted octanol–water partition coefficient (Wildman–Crippen LogP) is 2.37. The molecule has 0 amide bonds. The summed E-state index contributed by atoms with van der Waals surface area (Å²) in [5, 5.41) is 11.5. The number of hydrogen-bond donors (Lipinski definition) is 2. The lowest BCUT2D eigenvalue weighted by Gasteiger charge is -2.09. The van der Waals surface area contributed by atoms with E-state index in [4.69, 9.17) is 5.11 Å². The van der Waals surface area contributed by atoms with Crippen LogP contribution in [0, 0.1) is 12.7 Å². The highest BCUT2D eigenvalue weighted by Crippen LogP contribution is 2.22. The lowest BCUT2D eigenvalue weighted by atomic mass is 10.2. The Morgan fingerprint density at radius 3 is 2.83 bits per heavy atom. The first-order valence-electron chi connectivity index (χ1n) is 5.15. The van der Waals surface area contributed by atoms with Crippen LogP contribution >= 0.6 is 0 Å². The van der Waals surface area contributed by atoms with Crippen LogP contribution in [0.1, 0.15) is 16.1 Å². The Balaban J connectivity index is 2.34. The van der Waals surface area contributed by atoms with Gasteiger partial charge < -0.3 is 10.4 Å². The Labute approximate surface area is 102 Å². The van der Waals surface area contributed by atoms with Crippen molar-refractivity contribution in [3.63, 3.8) is 0 Å².